The molecule has 2 aliphatic rings. The van der Waals surface area contributed by atoms with Gasteiger partial charge in [-0.05, 0) is 37.0 Å². The third kappa shape index (κ3) is 3.83. The van der Waals surface area contributed by atoms with Crippen molar-refractivity contribution in [2.75, 3.05) is 39.8 Å². The summed E-state index contributed by atoms with van der Waals surface area (Å²) in [4.78, 5) is 16.8. The van der Waals surface area contributed by atoms with Crippen LogP contribution >= 0.6 is 0 Å². The Morgan fingerprint density at radius 1 is 1.22 bits per heavy atom. The normalized spacial score (nSPS) is 20.0. The Balaban J connectivity index is 1.54. The van der Waals surface area contributed by atoms with Crippen LogP contribution in [0.2, 0.25) is 0 Å². The smallest absolute Gasteiger partial charge is 0.254 e. The minimum atomic E-state index is -0.488. The van der Waals surface area contributed by atoms with Gasteiger partial charge in [-0.3, -0.25) is 9.69 Å². The summed E-state index contributed by atoms with van der Waals surface area (Å²) in [5.74, 6) is 0.432. The minimum absolute atomic E-state index is 0.0907. The molecule has 23 heavy (non-hydrogen) atoms. The zero-order chi connectivity index (χ0) is 16.2. The highest BCUT2D eigenvalue weighted by atomic mass is 19.1. The number of rotatable bonds is 4. The lowest BCUT2D eigenvalue weighted by Gasteiger charge is -2.36. The maximum Gasteiger partial charge on any atom is 0.254 e. The second kappa shape index (κ2) is 7.30. The summed E-state index contributed by atoms with van der Waals surface area (Å²) < 4.78 is 18.7. The zero-order valence-electron chi connectivity index (χ0n) is 13.8. The van der Waals surface area contributed by atoms with Gasteiger partial charge >= 0.3 is 0 Å². The van der Waals surface area contributed by atoms with Crippen molar-refractivity contribution in [3.05, 3.63) is 29.6 Å². The molecule has 0 radical (unpaired) electrons. The molecule has 1 aliphatic carbocycles. The molecule has 0 atom stereocenters. The molecule has 0 unspecified atom stereocenters. The SMILES string of the molecule is COc1ccc(C(=O)N2CCN(CC3CCCC3)CC2)cc1F. The van der Waals surface area contributed by atoms with Crippen LogP contribution in [0.5, 0.6) is 5.75 Å². The van der Waals surface area contributed by atoms with E-state index in [0.717, 1.165) is 32.1 Å². The van der Waals surface area contributed by atoms with Gasteiger partial charge in [-0.1, -0.05) is 12.8 Å². The van der Waals surface area contributed by atoms with Gasteiger partial charge in [0.15, 0.2) is 11.6 Å². The lowest BCUT2D eigenvalue weighted by Crippen LogP contribution is -2.49. The van der Waals surface area contributed by atoms with Gasteiger partial charge in [0.05, 0.1) is 7.11 Å². The molecule has 1 amide bonds. The summed E-state index contributed by atoms with van der Waals surface area (Å²) in [5, 5.41) is 0. The number of piperazine rings is 1. The van der Waals surface area contributed by atoms with E-state index in [9.17, 15) is 9.18 Å². The number of halogens is 1. The van der Waals surface area contributed by atoms with Crippen molar-refractivity contribution in [1.29, 1.82) is 0 Å². The van der Waals surface area contributed by atoms with E-state index in [-0.39, 0.29) is 11.7 Å². The summed E-state index contributed by atoms with van der Waals surface area (Å²) in [7, 11) is 1.42. The number of benzene rings is 1. The first-order valence-corrected chi connectivity index (χ1v) is 8.52. The van der Waals surface area contributed by atoms with E-state index in [1.54, 1.807) is 6.07 Å². The van der Waals surface area contributed by atoms with Crippen LogP contribution in [0, 0.1) is 11.7 Å². The van der Waals surface area contributed by atoms with Crippen molar-refractivity contribution in [2.24, 2.45) is 5.92 Å². The summed E-state index contributed by atoms with van der Waals surface area (Å²) >= 11 is 0. The van der Waals surface area contributed by atoms with Gasteiger partial charge < -0.3 is 9.64 Å². The van der Waals surface area contributed by atoms with E-state index in [0.29, 0.717) is 5.56 Å². The monoisotopic (exact) mass is 320 g/mol. The molecule has 4 nitrogen and oxygen atoms in total. The maximum absolute atomic E-state index is 13.8. The van der Waals surface area contributed by atoms with Crippen molar-refractivity contribution in [1.82, 2.24) is 9.80 Å². The van der Waals surface area contributed by atoms with Crippen molar-refractivity contribution in [3.8, 4) is 5.75 Å². The quantitative estimate of drug-likeness (QED) is 0.855. The van der Waals surface area contributed by atoms with Gasteiger partial charge in [0.25, 0.3) is 5.91 Å². The van der Waals surface area contributed by atoms with Crippen molar-refractivity contribution >= 4 is 5.91 Å². The van der Waals surface area contributed by atoms with Gasteiger partial charge in [-0.15, -0.1) is 0 Å². The van der Waals surface area contributed by atoms with E-state index in [1.165, 1.54) is 51.5 Å². The average molecular weight is 320 g/mol. The molecular formula is C18H25FN2O2. The van der Waals surface area contributed by atoms with E-state index >= 15 is 0 Å². The highest BCUT2D eigenvalue weighted by molar-refractivity contribution is 5.94. The molecule has 0 spiro atoms. The van der Waals surface area contributed by atoms with Gasteiger partial charge in [-0.2, -0.15) is 0 Å². The lowest BCUT2D eigenvalue weighted by molar-refractivity contribution is 0.0617. The highest BCUT2D eigenvalue weighted by Crippen LogP contribution is 2.26. The fraction of sp³-hybridized carbons (Fsp3) is 0.611. The molecule has 1 heterocycles. The Bertz CT molecular complexity index is 550. The summed E-state index contributed by atoms with van der Waals surface area (Å²) in [6, 6.07) is 4.42. The first-order valence-electron chi connectivity index (χ1n) is 8.52. The zero-order valence-corrected chi connectivity index (χ0v) is 13.8. The number of ether oxygens (including phenoxy) is 1. The molecule has 1 aliphatic heterocycles. The predicted molar refractivity (Wildman–Crippen MR) is 87.3 cm³/mol. The van der Waals surface area contributed by atoms with Crippen LogP contribution in [-0.4, -0.2) is 55.5 Å². The van der Waals surface area contributed by atoms with E-state index in [2.05, 4.69) is 4.90 Å². The van der Waals surface area contributed by atoms with Crippen LogP contribution in [0.4, 0.5) is 4.39 Å². The Hall–Kier alpha value is -1.62. The van der Waals surface area contributed by atoms with E-state index in [1.807, 2.05) is 4.90 Å². The standard InChI is InChI=1S/C18H25FN2O2/c1-23-17-7-6-15(12-16(17)19)18(22)21-10-8-20(9-11-21)13-14-4-2-3-5-14/h6-7,12,14H,2-5,8-11,13H2,1H3. The van der Waals surface area contributed by atoms with Gasteiger partial charge in [0.1, 0.15) is 0 Å². The summed E-state index contributed by atoms with van der Waals surface area (Å²) in [6.45, 7) is 4.44. The second-order valence-electron chi connectivity index (χ2n) is 6.59. The Kier molecular flexibility index (Phi) is 5.16. The molecule has 0 aromatic heterocycles. The van der Waals surface area contributed by atoms with Gasteiger partial charge in [0, 0.05) is 38.3 Å². The largest absolute Gasteiger partial charge is 0.494 e. The van der Waals surface area contributed by atoms with Crippen LogP contribution in [0.15, 0.2) is 18.2 Å². The molecule has 1 aromatic rings. The van der Waals surface area contributed by atoms with Crippen LogP contribution < -0.4 is 4.74 Å². The number of amides is 1. The van der Waals surface area contributed by atoms with Crippen molar-refractivity contribution in [3.63, 3.8) is 0 Å². The van der Waals surface area contributed by atoms with E-state index < -0.39 is 5.82 Å². The van der Waals surface area contributed by atoms with Crippen LogP contribution in [0.25, 0.3) is 0 Å². The van der Waals surface area contributed by atoms with Gasteiger partial charge in [-0.25, -0.2) is 4.39 Å². The Morgan fingerprint density at radius 3 is 2.52 bits per heavy atom. The average Bonchev–Trinajstić information content (AvgIpc) is 3.08. The summed E-state index contributed by atoms with van der Waals surface area (Å²) in [5.41, 5.74) is 0.396. The number of methoxy groups -OCH3 is 1. The molecule has 1 aromatic carbocycles. The fourth-order valence-corrected chi connectivity index (χ4v) is 3.67. The Labute approximate surface area is 137 Å². The number of carbonyl (C=O) groups is 1. The molecule has 5 heteroatoms. The first-order chi connectivity index (χ1) is 11.2. The predicted octanol–water partition coefficient (Wildman–Crippen LogP) is 2.78. The van der Waals surface area contributed by atoms with Crippen LogP contribution in [0.3, 0.4) is 0 Å². The molecule has 0 bridgehead atoms. The molecule has 1 saturated heterocycles. The molecule has 0 N–H and O–H groups in total. The lowest BCUT2D eigenvalue weighted by atomic mass is 10.1. The second-order valence-corrected chi connectivity index (χ2v) is 6.59. The molecular weight excluding hydrogens is 295 g/mol. The Morgan fingerprint density at radius 2 is 1.91 bits per heavy atom. The molecule has 2 fully saturated rings. The fourth-order valence-electron chi connectivity index (χ4n) is 3.67. The number of hydrogen-bond acceptors (Lipinski definition) is 3. The number of hydrogen-bond donors (Lipinski definition) is 0. The minimum Gasteiger partial charge on any atom is -0.494 e. The molecule has 3 rings (SSSR count). The van der Waals surface area contributed by atoms with Crippen LogP contribution in [-0.2, 0) is 0 Å². The van der Waals surface area contributed by atoms with Crippen molar-refractivity contribution < 1.29 is 13.9 Å². The number of carbonyl (C=O) groups excluding carboxylic acids is 1. The third-order valence-electron chi connectivity index (χ3n) is 5.05. The summed E-state index contributed by atoms with van der Waals surface area (Å²) in [6.07, 6.45) is 5.44. The molecule has 126 valence electrons. The van der Waals surface area contributed by atoms with Crippen LogP contribution in [0.1, 0.15) is 36.0 Å². The number of nitrogens with zero attached hydrogens (tertiary/aromatic N) is 2. The third-order valence-corrected chi connectivity index (χ3v) is 5.05. The highest BCUT2D eigenvalue weighted by Gasteiger charge is 2.25. The van der Waals surface area contributed by atoms with Gasteiger partial charge in [0.2, 0.25) is 0 Å². The van der Waals surface area contributed by atoms with Crippen molar-refractivity contribution in [2.45, 2.75) is 25.7 Å². The topological polar surface area (TPSA) is 32.8 Å². The van der Waals surface area contributed by atoms with E-state index in [4.69, 9.17) is 4.74 Å². The maximum atomic E-state index is 13.8. The molecule has 1 saturated carbocycles. The first kappa shape index (κ1) is 16.2.